The Balaban J connectivity index is 1.56. The van der Waals surface area contributed by atoms with Crippen molar-refractivity contribution in [2.24, 2.45) is 5.41 Å². The molecule has 0 bridgehead atoms. The molecular formula is C18H23N3O3. The molecule has 1 spiro atoms. The van der Waals surface area contributed by atoms with Crippen molar-refractivity contribution < 1.29 is 13.9 Å². The third-order valence-electron chi connectivity index (χ3n) is 5.61. The molecule has 2 aromatic heterocycles. The number of likely N-dealkylation sites (tertiary alicyclic amines) is 1. The van der Waals surface area contributed by atoms with E-state index < -0.39 is 0 Å². The summed E-state index contributed by atoms with van der Waals surface area (Å²) >= 11 is 0. The molecule has 1 unspecified atom stereocenters. The summed E-state index contributed by atoms with van der Waals surface area (Å²) in [6, 6.07) is 3.84. The fourth-order valence-electron chi connectivity index (χ4n) is 4.24. The number of pyridine rings is 1. The smallest absolute Gasteiger partial charge is 0.228 e. The van der Waals surface area contributed by atoms with Gasteiger partial charge in [-0.15, -0.1) is 0 Å². The summed E-state index contributed by atoms with van der Waals surface area (Å²) in [6.07, 6.45) is 6.12. The maximum absolute atomic E-state index is 12.8. The number of furan rings is 1. The Morgan fingerprint density at radius 3 is 2.88 bits per heavy atom. The lowest BCUT2D eigenvalue weighted by molar-refractivity contribution is -0.153. The van der Waals surface area contributed by atoms with Crippen LogP contribution in [0, 0.1) is 5.41 Å². The van der Waals surface area contributed by atoms with Crippen molar-refractivity contribution >= 4 is 22.7 Å². The highest BCUT2D eigenvalue weighted by molar-refractivity contribution is 5.89. The van der Waals surface area contributed by atoms with Crippen LogP contribution < -0.4 is 4.90 Å². The highest BCUT2D eigenvalue weighted by Gasteiger charge is 2.48. The van der Waals surface area contributed by atoms with Gasteiger partial charge in [-0.3, -0.25) is 4.79 Å². The van der Waals surface area contributed by atoms with Crippen LogP contribution in [-0.2, 0) is 9.53 Å². The first-order valence-corrected chi connectivity index (χ1v) is 8.48. The molecule has 0 aliphatic carbocycles. The SMILES string of the molecule is COC1CN(C)C(=O)C2(CCN(c3nccc4occc34)CC2)C1. The predicted molar refractivity (Wildman–Crippen MR) is 90.9 cm³/mol. The number of hydrogen-bond acceptors (Lipinski definition) is 5. The average molecular weight is 329 g/mol. The summed E-state index contributed by atoms with van der Waals surface area (Å²) in [7, 11) is 3.62. The molecule has 0 N–H and O–H groups in total. The minimum Gasteiger partial charge on any atom is -0.464 e. The largest absolute Gasteiger partial charge is 0.464 e. The summed E-state index contributed by atoms with van der Waals surface area (Å²) in [5, 5.41) is 1.04. The van der Waals surface area contributed by atoms with Gasteiger partial charge in [-0.25, -0.2) is 4.98 Å². The zero-order chi connectivity index (χ0) is 16.7. The van der Waals surface area contributed by atoms with Crippen LogP contribution in [0.1, 0.15) is 19.3 Å². The van der Waals surface area contributed by atoms with E-state index in [1.54, 1.807) is 19.6 Å². The Kier molecular flexibility index (Phi) is 3.72. The van der Waals surface area contributed by atoms with Crippen LogP contribution >= 0.6 is 0 Å². The van der Waals surface area contributed by atoms with E-state index >= 15 is 0 Å². The van der Waals surface area contributed by atoms with E-state index in [9.17, 15) is 4.79 Å². The van der Waals surface area contributed by atoms with E-state index in [1.807, 2.05) is 24.1 Å². The summed E-state index contributed by atoms with van der Waals surface area (Å²) < 4.78 is 11.0. The van der Waals surface area contributed by atoms with Gasteiger partial charge in [-0.2, -0.15) is 0 Å². The third kappa shape index (κ3) is 2.36. The molecule has 1 atom stereocenters. The van der Waals surface area contributed by atoms with Crippen molar-refractivity contribution in [2.45, 2.75) is 25.4 Å². The number of fused-ring (bicyclic) bond motifs is 1. The van der Waals surface area contributed by atoms with Crippen LogP contribution in [-0.4, -0.2) is 55.7 Å². The van der Waals surface area contributed by atoms with E-state index in [1.165, 1.54) is 0 Å². The molecule has 2 aromatic rings. The number of methoxy groups -OCH3 is 1. The summed E-state index contributed by atoms with van der Waals surface area (Å²) in [6.45, 7) is 2.34. The number of likely N-dealkylation sites (N-methyl/N-ethyl adjacent to an activating group) is 1. The highest BCUT2D eigenvalue weighted by atomic mass is 16.5. The molecule has 0 aromatic carbocycles. The standard InChI is InChI=1S/C18H23N3O3/c1-20-12-13(23-2)11-18(17(20)22)5-8-21(9-6-18)16-14-4-10-24-15(14)3-7-19-16/h3-4,7,10,13H,5-6,8-9,11-12H2,1-2H3. The first-order valence-electron chi connectivity index (χ1n) is 8.48. The van der Waals surface area contributed by atoms with Gasteiger partial charge in [0.1, 0.15) is 11.4 Å². The molecule has 128 valence electrons. The number of hydrogen-bond donors (Lipinski definition) is 0. The number of aromatic nitrogens is 1. The van der Waals surface area contributed by atoms with E-state index in [4.69, 9.17) is 9.15 Å². The third-order valence-corrected chi connectivity index (χ3v) is 5.61. The van der Waals surface area contributed by atoms with Gasteiger partial charge in [0.15, 0.2) is 0 Å². The molecule has 0 saturated carbocycles. The topological polar surface area (TPSA) is 58.8 Å². The van der Waals surface area contributed by atoms with Crippen LogP contribution in [0.25, 0.3) is 11.0 Å². The lowest BCUT2D eigenvalue weighted by atomic mass is 9.71. The molecule has 1 amide bonds. The monoisotopic (exact) mass is 329 g/mol. The van der Waals surface area contributed by atoms with Crippen molar-refractivity contribution in [1.82, 2.24) is 9.88 Å². The number of rotatable bonds is 2. The van der Waals surface area contributed by atoms with Gasteiger partial charge < -0.3 is 19.0 Å². The van der Waals surface area contributed by atoms with Gasteiger partial charge in [0.05, 0.1) is 23.2 Å². The summed E-state index contributed by atoms with van der Waals surface area (Å²) in [4.78, 5) is 21.5. The number of piperidine rings is 2. The number of amides is 1. The van der Waals surface area contributed by atoms with Gasteiger partial charge >= 0.3 is 0 Å². The molecule has 4 heterocycles. The van der Waals surface area contributed by atoms with E-state index in [2.05, 4.69) is 9.88 Å². The highest BCUT2D eigenvalue weighted by Crippen LogP contribution is 2.42. The number of anilines is 1. The molecule has 6 nitrogen and oxygen atoms in total. The van der Waals surface area contributed by atoms with Gasteiger partial charge in [-0.1, -0.05) is 0 Å². The van der Waals surface area contributed by atoms with Crippen molar-refractivity contribution in [2.75, 3.05) is 38.7 Å². The first-order chi connectivity index (χ1) is 11.6. The molecule has 4 rings (SSSR count). The zero-order valence-electron chi connectivity index (χ0n) is 14.2. The Hall–Kier alpha value is -2.08. The number of nitrogens with zero attached hydrogens (tertiary/aromatic N) is 3. The molecule has 2 aliphatic rings. The number of carbonyl (C=O) groups excluding carboxylic acids is 1. The minimum absolute atomic E-state index is 0.134. The first kappa shape index (κ1) is 15.4. The fraction of sp³-hybridized carbons (Fsp3) is 0.556. The average Bonchev–Trinajstić information content (AvgIpc) is 3.09. The Labute approximate surface area is 141 Å². The van der Waals surface area contributed by atoms with E-state index in [-0.39, 0.29) is 17.4 Å². The molecule has 2 aliphatic heterocycles. The van der Waals surface area contributed by atoms with Gasteiger partial charge in [0.2, 0.25) is 5.91 Å². The molecule has 6 heteroatoms. The Morgan fingerprint density at radius 2 is 2.12 bits per heavy atom. The Bertz CT molecular complexity index is 749. The van der Waals surface area contributed by atoms with Gasteiger partial charge in [-0.05, 0) is 31.4 Å². The van der Waals surface area contributed by atoms with Crippen molar-refractivity contribution in [3.63, 3.8) is 0 Å². The lowest BCUT2D eigenvalue weighted by Crippen LogP contribution is -2.56. The molecule has 0 radical (unpaired) electrons. The molecular weight excluding hydrogens is 306 g/mol. The Morgan fingerprint density at radius 1 is 1.33 bits per heavy atom. The fourth-order valence-corrected chi connectivity index (χ4v) is 4.24. The minimum atomic E-state index is -0.283. The van der Waals surface area contributed by atoms with E-state index in [0.717, 1.165) is 49.1 Å². The van der Waals surface area contributed by atoms with Crippen LogP contribution in [0.3, 0.4) is 0 Å². The van der Waals surface area contributed by atoms with Crippen LogP contribution in [0.5, 0.6) is 0 Å². The van der Waals surface area contributed by atoms with Crippen molar-refractivity contribution in [1.29, 1.82) is 0 Å². The van der Waals surface area contributed by atoms with Crippen LogP contribution in [0.15, 0.2) is 29.0 Å². The maximum Gasteiger partial charge on any atom is 0.228 e. The normalized spacial score (nSPS) is 24.1. The molecule has 2 saturated heterocycles. The lowest BCUT2D eigenvalue weighted by Gasteiger charge is -2.47. The van der Waals surface area contributed by atoms with Crippen LogP contribution in [0.4, 0.5) is 5.82 Å². The van der Waals surface area contributed by atoms with E-state index in [0.29, 0.717) is 6.54 Å². The van der Waals surface area contributed by atoms with Crippen molar-refractivity contribution in [3.05, 3.63) is 24.6 Å². The quantitative estimate of drug-likeness (QED) is 0.846. The van der Waals surface area contributed by atoms with Crippen molar-refractivity contribution in [3.8, 4) is 0 Å². The number of carbonyl (C=O) groups is 1. The molecule has 2 fully saturated rings. The number of ether oxygens (including phenoxy) is 1. The second-order valence-electron chi connectivity index (χ2n) is 6.98. The van der Waals surface area contributed by atoms with Crippen LogP contribution in [0.2, 0.25) is 0 Å². The second-order valence-corrected chi connectivity index (χ2v) is 6.98. The second kappa shape index (κ2) is 5.77. The summed E-state index contributed by atoms with van der Waals surface area (Å²) in [5.41, 5.74) is 0.572. The van der Waals surface area contributed by atoms with Gasteiger partial charge in [0, 0.05) is 40.0 Å². The predicted octanol–water partition coefficient (Wildman–Crippen LogP) is 2.29. The zero-order valence-corrected chi connectivity index (χ0v) is 14.2. The maximum atomic E-state index is 12.8. The molecule has 24 heavy (non-hydrogen) atoms. The van der Waals surface area contributed by atoms with Gasteiger partial charge in [0.25, 0.3) is 0 Å². The summed E-state index contributed by atoms with van der Waals surface area (Å²) in [5.74, 6) is 1.22.